The fraction of sp³-hybridized carbons (Fsp3) is 0.0556. The van der Waals surface area contributed by atoms with Gasteiger partial charge in [-0.15, -0.1) is 0 Å². The first-order valence-corrected chi connectivity index (χ1v) is 9.56. The Kier molecular flexibility index (Phi) is 6.32. The van der Waals surface area contributed by atoms with Gasteiger partial charge in [0.2, 0.25) is 5.69 Å². The summed E-state index contributed by atoms with van der Waals surface area (Å²) in [5.74, 6) is -0.756. The average Bonchev–Trinajstić information content (AvgIpc) is 3.07. The van der Waals surface area contributed by atoms with E-state index in [-0.39, 0.29) is 17.9 Å². The molecule has 0 bridgehead atoms. The largest absolute Gasteiger partial charge is 0.320 e. The van der Waals surface area contributed by atoms with Crippen LogP contribution in [0.25, 0.3) is 0 Å². The molecular weight excluding hydrogens is 494 g/mol. The summed E-state index contributed by atoms with van der Waals surface area (Å²) in [6.45, 7) is 0.287. The van der Waals surface area contributed by atoms with E-state index in [4.69, 9.17) is 0 Å². The lowest BCUT2D eigenvalue weighted by Crippen LogP contribution is -2.19. The number of hydrogen-bond acceptors (Lipinski definition) is 5. The topological polar surface area (TPSA) is 102 Å². The van der Waals surface area contributed by atoms with Gasteiger partial charge in [-0.3, -0.25) is 19.6 Å². The second-order valence-electron chi connectivity index (χ2n) is 5.70. The van der Waals surface area contributed by atoms with Crippen molar-refractivity contribution in [2.45, 2.75) is 6.54 Å². The molecule has 3 rings (SSSR count). The minimum absolute atomic E-state index is 0.287. The standard InChI is InChI=1S/C18H13Br2N5O3/c19-14-6-4-12(5-7-14)9-21-22-18(26)17-16(25(27)28)11-24(23-17)10-13-2-1-3-15(20)8-13/h1-9,11H,10H2,(H,22,26)/b21-9-. The summed E-state index contributed by atoms with van der Waals surface area (Å²) in [5, 5.41) is 19.2. The molecule has 0 aliphatic heterocycles. The Hall–Kier alpha value is -2.85. The summed E-state index contributed by atoms with van der Waals surface area (Å²) >= 11 is 6.70. The van der Waals surface area contributed by atoms with Gasteiger partial charge in [0.25, 0.3) is 5.91 Å². The van der Waals surface area contributed by atoms with Gasteiger partial charge in [0.1, 0.15) is 6.20 Å². The Bertz CT molecular complexity index is 1050. The van der Waals surface area contributed by atoms with Crippen molar-refractivity contribution in [3.8, 4) is 0 Å². The summed E-state index contributed by atoms with van der Waals surface area (Å²) in [5.41, 5.74) is 3.24. The van der Waals surface area contributed by atoms with Crippen molar-refractivity contribution >= 4 is 49.7 Å². The van der Waals surface area contributed by atoms with Gasteiger partial charge in [-0.2, -0.15) is 10.2 Å². The number of nitrogens with one attached hydrogen (secondary N) is 1. The lowest BCUT2D eigenvalue weighted by atomic mass is 10.2. The molecule has 0 saturated heterocycles. The maximum atomic E-state index is 12.3. The fourth-order valence-corrected chi connectivity index (χ4v) is 3.09. The van der Waals surface area contributed by atoms with E-state index in [0.717, 1.165) is 20.1 Å². The van der Waals surface area contributed by atoms with E-state index in [0.29, 0.717) is 0 Å². The van der Waals surface area contributed by atoms with E-state index >= 15 is 0 Å². The normalized spacial score (nSPS) is 10.9. The van der Waals surface area contributed by atoms with Crippen LogP contribution in [0, 0.1) is 10.1 Å². The highest BCUT2D eigenvalue weighted by Gasteiger charge is 2.25. The molecule has 142 valence electrons. The zero-order valence-electron chi connectivity index (χ0n) is 14.3. The molecule has 2 aromatic carbocycles. The van der Waals surface area contributed by atoms with Crippen molar-refractivity contribution in [3.05, 3.63) is 90.6 Å². The Labute approximate surface area is 176 Å². The number of hydrazone groups is 1. The molecule has 0 fully saturated rings. The fourth-order valence-electron chi connectivity index (χ4n) is 2.38. The molecule has 1 N–H and O–H groups in total. The Morgan fingerprint density at radius 3 is 2.64 bits per heavy atom. The maximum absolute atomic E-state index is 12.3. The number of amides is 1. The highest BCUT2D eigenvalue weighted by Crippen LogP contribution is 2.19. The van der Waals surface area contributed by atoms with Crippen LogP contribution in [0.15, 0.2) is 68.8 Å². The summed E-state index contributed by atoms with van der Waals surface area (Å²) in [4.78, 5) is 23.0. The number of halogens is 2. The Morgan fingerprint density at radius 1 is 1.21 bits per heavy atom. The van der Waals surface area contributed by atoms with E-state index in [1.807, 2.05) is 36.4 Å². The SMILES string of the molecule is O=C(N/N=C\c1ccc(Br)cc1)c1nn(Cc2cccc(Br)c2)cc1[N+](=O)[O-]. The molecule has 0 spiro atoms. The summed E-state index contributed by atoms with van der Waals surface area (Å²) in [6, 6.07) is 14.7. The number of nitrogens with zero attached hydrogens (tertiary/aromatic N) is 4. The highest BCUT2D eigenvalue weighted by atomic mass is 79.9. The second-order valence-corrected chi connectivity index (χ2v) is 7.53. The molecule has 0 atom stereocenters. The lowest BCUT2D eigenvalue weighted by Gasteiger charge is -2.01. The van der Waals surface area contributed by atoms with Crippen molar-refractivity contribution in [2.24, 2.45) is 5.10 Å². The third kappa shape index (κ3) is 5.11. The average molecular weight is 507 g/mol. The van der Waals surface area contributed by atoms with Crippen molar-refractivity contribution in [1.29, 1.82) is 0 Å². The molecule has 1 amide bonds. The molecular formula is C18H13Br2N5O3. The molecule has 1 aromatic heterocycles. The molecule has 3 aromatic rings. The van der Waals surface area contributed by atoms with Crippen LogP contribution in [-0.2, 0) is 6.54 Å². The quantitative estimate of drug-likeness (QED) is 0.308. The molecule has 0 radical (unpaired) electrons. The van der Waals surface area contributed by atoms with Crippen LogP contribution in [0.4, 0.5) is 5.69 Å². The molecule has 28 heavy (non-hydrogen) atoms. The van der Waals surface area contributed by atoms with Crippen LogP contribution in [-0.4, -0.2) is 26.8 Å². The van der Waals surface area contributed by atoms with E-state index in [1.54, 1.807) is 12.1 Å². The number of hydrogen-bond donors (Lipinski definition) is 1. The van der Waals surface area contributed by atoms with E-state index in [1.165, 1.54) is 17.1 Å². The third-order valence-electron chi connectivity index (χ3n) is 3.64. The van der Waals surface area contributed by atoms with Crippen LogP contribution in [0.2, 0.25) is 0 Å². The van der Waals surface area contributed by atoms with Crippen molar-refractivity contribution in [2.75, 3.05) is 0 Å². The highest BCUT2D eigenvalue weighted by molar-refractivity contribution is 9.10. The number of rotatable bonds is 6. The molecule has 1 heterocycles. The summed E-state index contributed by atoms with van der Waals surface area (Å²) in [7, 11) is 0. The lowest BCUT2D eigenvalue weighted by molar-refractivity contribution is -0.385. The third-order valence-corrected chi connectivity index (χ3v) is 4.66. The van der Waals surface area contributed by atoms with E-state index < -0.39 is 10.8 Å². The molecule has 0 unspecified atom stereocenters. The van der Waals surface area contributed by atoms with Crippen molar-refractivity contribution in [3.63, 3.8) is 0 Å². The van der Waals surface area contributed by atoms with Gasteiger partial charge in [0.05, 0.1) is 17.7 Å². The van der Waals surface area contributed by atoms with Gasteiger partial charge in [0.15, 0.2) is 0 Å². The maximum Gasteiger partial charge on any atom is 0.320 e. The molecule has 0 aliphatic rings. The Morgan fingerprint density at radius 2 is 1.96 bits per heavy atom. The smallest absolute Gasteiger partial charge is 0.265 e. The van der Waals surface area contributed by atoms with Gasteiger partial charge in [-0.1, -0.05) is 56.1 Å². The van der Waals surface area contributed by atoms with Crippen molar-refractivity contribution in [1.82, 2.24) is 15.2 Å². The van der Waals surface area contributed by atoms with Crippen LogP contribution in [0.3, 0.4) is 0 Å². The number of nitro groups is 1. The van der Waals surface area contributed by atoms with Gasteiger partial charge < -0.3 is 0 Å². The van der Waals surface area contributed by atoms with Crippen LogP contribution in [0.5, 0.6) is 0 Å². The Balaban J connectivity index is 1.76. The minimum Gasteiger partial charge on any atom is -0.265 e. The number of carbonyl (C=O) groups excluding carboxylic acids is 1. The molecule has 8 nitrogen and oxygen atoms in total. The first kappa shape index (κ1) is 19.9. The van der Waals surface area contributed by atoms with Crippen molar-refractivity contribution < 1.29 is 9.72 Å². The molecule has 0 aliphatic carbocycles. The van der Waals surface area contributed by atoms with Gasteiger partial charge in [-0.05, 0) is 35.4 Å². The van der Waals surface area contributed by atoms with Gasteiger partial charge in [-0.25, -0.2) is 5.43 Å². The van der Waals surface area contributed by atoms with Gasteiger partial charge >= 0.3 is 5.69 Å². The zero-order chi connectivity index (χ0) is 20.1. The minimum atomic E-state index is -0.756. The first-order valence-electron chi connectivity index (χ1n) is 7.97. The molecule has 0 saturated carbocycles. The second kappa shape index (κ2) is 8.89. The van der Waals surface area contributed by atoms with Crippen LogP contribution < -0.4 is 5.43 Å². The first-order chi connectivity index (χ1) is 13.4. The van der Waals surface area contributed by atoms with E-state index in [9.17, 15) is 14.9 Å². The summed E-state index contributed by atoms with van der Waals surface area (Å²) in [6.07, 6.45) is 2.67. The molecule has 10 heteroatoms. The van der Waals surface area contributed by atoms with Crippen LogP contribution in [0.1, 0.15) is 21.6 Å². The predicted octanol–water partition coefficient (Wildman–Crippen LogP) is 4.13. The number of benzene rings is 2. The summed E-state index contributed by atoms with van der Waals surface area (Å²) < 4.78 is 3.15. The number of carbonyl (C=O) groups is 1. The number of aromatic nitrogens is 2. The zero-order valence-corrected chi connectivity index (χ0v) is 17.4. The predicted molar refractivity (Wildman–Crippen MR) is 111 cm³/mol. The van der Waals surface area contributed by atoms with Gasteiger partial charge in [0, 0.05) is 8.95 Å². The van der Waals surface area contributed by atoms with Crippen LogP contribution >= 0.6 is 31.9 Å². The van der Waals surface area contributed by atoms with E-state index in [2.05, 4.69) is 47.5 Å². The monoisotopic (exact) mass is 505 g/mol.